The molecule has 1 aliphatic heterocycles. The van der Waals surface area contributed by atoms with Gasteiger partial charge in [0.15, 0.2) is 0 Å². The first-order chi connectivity index (χ1) is 10.2. The molecule has 1 aromatic rings. The number of likely N-dealkylation sites (tertiary alicyclic amines) is 1. The van der Waals surface area contributed by atoms with E-state index in [9.17, 15) is 14.7 Å². The molecule has 120 valence electrons. The van der Waals surface area contributed by atoms with Gasteiger partial charge in [0.2, 0.25) is 11.8 Å². The van der Waals surface area contributed by atoms with Crippen molar-refractivity contribution in [1.29, 1.82) is 0 Å². The predicted molar refractivity (Wildman–Crippen MR) is 85.7 cm³/mol. The summed E-state index contributed by atoms with van der Waals surface area (Å²) in [6.45, 7) is 8.04. The number of phenols is 1. The molecule has 1 aliphatic rings. The Morgan fingerprint density at radius 1 is 1.32 bits per heavy atom. The van der Waals surface area contributed by atoms with Gasteiger partial charge in [-0.1, -0.05) is 26.8 Å². The van der Waals surface area contributed by atoms with Crippen molar-refractivity contribution in [1.82, 2.24) is 4.90 Å². The highest BCUT2D eigenvalue weighted by Crippen LogP contribution is 2.28. The number of carbonyl (C=O) groups is 2. The first-order valence-electron chi connectivity index (χ1n) is 7.61. The number of hydrogen-bond donors (Lipinski definition) is 2. The Kier molecular flexibility index (Phi) is 4.44. The zero-order valence-corrected chi connectivity index (χ0v) is 13.6. The molecule has 0 aliphatic carbocycles. The fraction of sp³-hybridized carbons (Fsp3) is 0.529. The van der Waals surface area contributed by atoms with Crippen LogP contribution in [0, 0.1) is 12.3 Å². The van der Waals surface area contributed by atoms with Crippen molar-refractivity contribution in [2.24, 2.45) is 5.41 Å². The summed E-state index contributed by atoms with van der Waals surface area (Å²) in [6.07, 6.45) is 1.47. The second kappa shape index (κ2) is 5.99. The van der Waals surface area contributed by atoms with Gasteiger partial charge in [0.25, 0.3) is 0 Å². The molecule has 1 heterocycles. The molecule has 1 aromatic carbocycles. The molecule has 0 radical (unpaired) electrons. The van der Waals surface area contributed by atoms with E-state index >= 15 is 0 Å². The summed E-state index contributed by atoms with van der Waals surface area (Å²) in [6, 6.07) is 4.63. The molecule has 1 saturated heterocycles. The van der Waals surface area contributed by atoms with Crippen molar-refractivity contribution < 1.29 is 14.7 Å². The standard InChI is InChI=1S/C17H24N2O3/c1-11-7-8-12(14(20)10-11)18-15(21)13-6-5-9-19(13)16(22)17(2,3)4/h7-8,10,13,20H,5-6,9H2,1-4H3,(H,18,21)/t13-/m0/s1. The van der Waals surface area contributed by atoms with Crippen LogP contribution in [0.25, 0.3) is 0 Å². The van der Waals surface area contributed by atoms with Crippen molar-refractivity contribution in [3.8, 4) is 5.75 Å². The zero-order chi connectivity index (χ0) is 16.5. The molecule has 1 fully saturated rings. The van der Waals surface area contributed by atoms with Gasteiger partial charge < -0.3 is 15.3 Å². The van der Waals surface area contributed by atoms with Crippen LogP contribution >= 0.6 is 0 Å². The van der Waals surface area contributed by atoms with Gasteiger partial charge >= 0.3 is 0 Å². The number of nitrogens with one attached hydrogen (secondary N) is 1. The maximum atomic E-state index is 12.5. The second-order valence-corrected chi connectivity index (χ2v) is 6.92. The Bertz CT molecular complexity index is 590. The Labute approximate surface area is 131 Å². The molecular formula is C17H24N2O3. The summed E-state index contributed by atoms with van der Waals surface area (Å²) in [5, 5.41) is 12.6. The molecule has 1 atom stereocenters. The largest absolute Gasteiger partial charge is 0.506 e. The SMILES string of the molecule is Cc1ccc(NC(=O)[C@@H]2CCCN2C(=O)C(C)(C)C)c(O)c1. The van der Waals surface area contributed by atoms with Crippen LogP contribution in [0.2, 0.25) is 0 Å². The van der Waals surface area contributed by atoms with Gasteiger partial charge in [-0.25, -0.2) is 0 Å². The van der Waals surface area contributed by atoms with Gasteiger partial charge in [-0.15, -0.1) is 0 Å². The van der Waals surface area contributed by atoms with Gasteiger partial charge in [-0.3, -0.25) is 9.59 Å². The van der Waals surface area contributed by atoms with Crippen LogP contribution in [0.1, 0.15) is 39.2 Å². The molecule has 0 aromatic heterocycles. The van der Waals surface area contributed by atoms with Gasteiger partial charge in [0.1, 0.15) is 11.8 Å². The Hall–Kier alpha value is -2.04. The lowest BCUT2D eigenvalue weighted by molar-refractivity contribution is -0.143. The molecule has 0 spiro atoms. The van der Waals surface area contributed by atoms with Crippen LogP contribution in [0.5, 0.6) is 5.75 Å². The molecule has 0 saturated carbocycles. The first-order valence-corrected chi connectivity index (χ1v) is 7.61. The number of aromatic hydroxyl groups is 1. The lowest BCUT2D eigenvalue weighted by Crippen LogP contribution is -2.47. The van der Waals surface area contributed by atoms with E-state index in [1.807, 2.05) is 33.8 Å². The highest BCUT2D eigenvalue weighted by atomic mass is 16.3. The quantitative estimate of drug-likeness (QED) is 0.825. The molecule has 5 nitrogen and oxygen atoms in total. The van der Waals surface area contributed by atoms with E-state index < -0.39 is 11.5 Å². The van der Waals surface area contributed by atoms with Crippen molar-refractivity contribution in [2.75, 3.05) is 11.9 Å². The summed E-state index contributed by atoms with van der Waals surface area (Å²) in [5.41, 5.74) is 0.793. The highest BCUT2D eigenvalue weighted by Gasteiger charge is 2.38. The third-order valence-electron chi connectivity index (χ3n) is 3.87. The normalized spacial score (nSPS) is 18.4. The minimum absolute atomic E-state index is 0.0155. The summed E-state index contributed by atoms with van der Waals surface area (Å²) < 4.78 is 0. The van der Waals surface area contributed by atoms with Crippen LogP contribution in [0.4, 0.5) is 5.69 Å². The predicted octanol–water partition coefficient (Wildman–Crippen LogP) is 2.68. The number of aryl methyl sites for hydroxylation is 1. The molecule has 2 N–H and O–H groups in total. The Morgan fingerprint density at radius 3 is 2.59 bits per heavy atom. The maximum absolute atomic E-state index is 12.5. The lowest BCUT2D eigenvalue weighted by Gasteiger charge is -2.30. The van der Waals surface area contributed by atoms with E-state index in [1.165, 1.54) is 0 Å². The van der Waals surface area contributed by atoms with Crippen LogP contribution < -0.4 is 5.32 Å². The van der Waals surface area contributed by atoms with Crippen LogP contribution in [-0.2, 0) is 9.59 Å². The number of anilines is 1. The van der Waals surface area contributed by atoms with Crippen molar-refractivity contribution in [3.05, 3.63) is 23.8 Å². The number of benzene rings is 1. The fourth-order valence-corrected chi connectivity index (χ4v) is 2.68. The number of phenolic OH excluding ortho intramolecular Hbond substituents is 1. The average molecular weight is 304 g/mol. The van der Waals surface area contributed by atoms with E-state index in [0.29, 0.717) is 18.7 Å². The monoisotopic (exact) mass is 304 g/mol. The number of carbonyl (C=O) groups excluding carboxylic acids is 2. The Balaban J connectivity index is 2.13. The van der Waals surface area contributed by atoms with Gasteiger partial charge in [-0.05, 0) is 37.5 Å². The summed E-state index contributed by atoms with van der Waals surface area (Å²) in [5.74, 6) is -0.215. The minimum atomic E-state index is -0.505. The molecule has 2 rings (SSSR count). The summed E-state index contributed by atoms with van der Waals surface area (Å²) in [4.78, 5) is 26.6. The maximum Gasteiger partial charge on any atom is 0.247 e. The minimum Gasteiger partial charge on any atom is -0.506 e. The van der Waals surface area contributed by atoms with Crippen LogP contribution in [0.3, 0.4) is 0 Å². The number of rotatable bonds is 2. The third-order valence-corrected chi connectivity index (χ3v) is 3.87. The Morgan fingerprint density at radius 2 is 2.00 bits per heavy atom. The topological polar surface area (TPSA) is 69.6 Å². The van der Waals surface area contributed by atoms with E-state index in [4.69, 9.17) is 0 Å². The van der Waals surface area contributed by atoms with Gasteiger partial charge in [0.05, 0.1) is 5.69 Å². The highest BCUT2D eigenvalue weighted by molar-refractivity contribution is 5.99. The van der Waals surface area contributed by atoms with Gasteiger partial charge in [-0.2, -0.15) is 0 Å². The van der Waals surface area contributed by atoms with E-state index in [0.717, 1.165) is 12.0 Å². The molecule has 0 bridgehead atoms. The summed E-state index contributed by atoms with van der Waals surface area (Å²) >= 11 is 0. The number of hydrogen-bond acceptors (Lipinski definition) is 3. The average Bonchev–Trinajstić information content (AvgIpc) is 2.89. The molecule has 5 heteroatoms. The van der Waals surface area contributed by atoms with Gasteiger partial charge in [0, 0.05) is 12.0 Å². The van der Waals surface area contributed by atoms with Crippen LogP contribution in [0.15, 0.2) is 18.2 Å². The smallest absolute Gasteiger partial charge is 0.247 e. The number of amides is 2. The fourth-order valence-electron chi connectivity index (χ4n) is 2.68. The van der Waals surface area contributed by atoms with E-state index in [2.05, 4.69) is 5.32 Å². The van der Waals surface area contributed by atoms with Crippen molar-refractivity contribution in [2.45, 2.75) is 46.6 Å². The second-order valence-electron chi connectivity index (χ2n) is 6.92. The third kappa shape index (κ3) is 3.40. The molecule has 0 unspecified atom stereocenters. The lowest BCUT2D eigenvalue weighted by atomic mass is 9.94. The molecular weight excluding hydrogens is 280 g/mol. The molecule has 2 amide bonds. The van der Waals surface area contributed by atoms with E-state index in [-0.39, 0.29) is 17.6 Å². The van der Waals surface area contributed by atoms with Crippen LogP contribution in [-0.4, -0.2) is 34.4 Å². The van der Waals surface area contributed by atoms with Crippen molar-refractivity contribution in [3.63, 3.8) is 0 Å². The summed E-state index contributed by atoms with van der Waals surface area (Å²) in [7, 11) is 0. The molecule has 22 heavy (non-hydrogen) atoms. The first kappa shape index (κ1) is 16.3. The van der Waals surface area contributed by atoms with E-state index in [1.54, 1.807) is 17.0 Å². The zero-order valence-electron chi connectivity index (χ0n) is 13.6. The van der Waals surface area contributed by atoms with Crippen molar-refractivity contribution >= 4 is 17.5 Å². The number of nitrogens with zero attached hydrogens (tertiary/aromatic N) is 1.